The first kappa shape index (κ1) is 13.9. The zero-order valence-electron chi connectivity index (χ0n) is 12.0. The summed E-state index contributed by atoms with van der Waals surface area (Å²) in [6, 6.07) is 21.8. The van der Waals surface area contributed by atoms with E-state index < -0.39 is 0 Å². The molecule has 0 heterocycles. The normalized spacial score (nSPS) is 12.6. The monoisotopic (exact) mass is 252 g/mol. The minimum atomic E-state index is 0.685. The molecule has 0 unspecified atom stereocenters. The molecule has 2 aromatic carbocycles. The fourth-order valence-corrected chi connectivity index (χ4v) is 2.76. The van der Waals surface area contributed by atoms with Crippen LogP contribution in [0.1, 0.15) is 43.7 Å². The second-order valence-electron chi connectivity index (χ2n) is 5.64. The summed E-state index contributed by atoms with van der Waals surface area (Å²) in [7, 11) is 0. The first-order valence-corrected chi connectivity index (χ1v) is 7.36. The molecule has 0 bridgehead atoms. The molecule has 0 N–H and O–H groups in total. The maximum atomic E-state index is 2.33. The summed E-state index contributed by atoms with van der Waals surface area (Å²) in [6.07, 6.45) is 3.73. The van der Waals surface area contributed by atoms with Gasteiger partial charge < -0.3 is 0 Å². The molecule has 100 valence electrons. The standard InChI is InChI=1S/C19H24/c1-16(2)19(18-13-7-4-8-14-18)15-9-12-17-10-5-3-6-11-17/h3-8,10-11,13-14,16,19H,9,12,15H2,1-2H3/t19-/m0/s1. The van der Waals surface area contributed by atoms with E-state index in [4.69, 9.17) is 0 Å². The Kier molecular flexibility index (Phi) is 5.20. The molecule has 0 aliphatic rings. The van der Waals surface area contributed by atoms with Gasteiger partial charge in [0.1, 0.15) is 0 Å². The molecule has 0 fully saturated rings. The third-order valence-electron chi connectivity index (χ3n) is 3.86. The molecule has 19 heavy (non-hydrogen) atoms. The van der Waals surface area contributed by atoms with Gasteiger partial charge in [-0.25, -0.2) is 0 Å². The van der Waals surface area contributed by atoms with Crippen LogP contribution in [0.5, 0.6) is 0 Å². The number of hydrogen-bond donors (Lipinski definition) is 0. The van der Waals surface area contributed by atoms with Gasteiger partial charge in [0, 0.05) is 0 Å². The van der Waals surface area contributed by atoms with Crippen LogP contribution in [0.15, 0.2) is 60.7 Å². The van der Waals surface area contributed by atoms with E-state index in [2.05, 4.69) is 74.5 Å². The average molecular weight is 252 g/mol. The number of benzene rings is 2. The van der Waals surface area contributed by atoms with Crippen LogP contribution < -0.4 is 0 Å². The Hall–Kier alpha value is -1.56. The molecule has 1 atom stereocenters. The number of aryl methyl sites for hydroxylation is 1. The van der Waals surface area contributed by atoms with Gasteiger partial charge in [-0.15, -0.1) is 0 Å². The van der Waals surface area contributed by atoms with Gasteiger partial charge in [-0.05, 0) is 42.2 Å². The van der Waals surface area contributed by atoms with Gasteiger partial charge in [-0.3, -0.25) is 0 Å². The van der Waals surface area contributed by atoms with E-state index in [0.29, 0.717) is 11.8 Å². The zero-order valence-corrected chi connectivity index (χ0v) is 12.0. The molecule has 0 spiro atoms. The molecule has 0 aliphatic heterocycles. The second kappa shape index (κ2) is 7.13. The molecule has 0 aliphatic carbocycles. The van der Waals surface area contributed by atoms with Crippen molar-refractivity contribution in [1.29, 1.82) is 0 Å². The lowest BCUT2D eigenvalue weighted by molar-refractivity contribution is 0.455. The maximum absolute atomic E-state index is 2.33. The highest BCUT2D eigenvalue weighted by atomic mass is 14.2. The fourth-order valence-electron chi connectivity index (χ4n) is 2.76. The van der Waals surface area contributed by atoms with Crippen molar-refractivity contribution in [3.63, 3.8) is 0 Å². The molecule has 0 aromatic heterocycles. The summed E-state index contributed by atoms with van der Waals surface area (Å²) in [5.74, 6) is 1.39. The SMILES string of the molecule is CC(C)[C@H](CCCc1ccccc1)c1ccccc1. The van der Waals surface area contributed by atoms with E-state index in [1.165, 1.54) is 30.4 Å². The van der Waals surface area contributed by atoms with Crippen molar-refractivity contribution >= 4 is 0 Å². The topological polar surface area (TPSA) is 0 Å². The summed E-state index contributed by atoms with van der Waals surface area (Å²) < 4.78 is 0. The second-order valence-corrected chi connectivity index (χ2v) is 5.64. The maximum Gasteiger partial charge on any atom is -0.0139 e. The van der Waals surface area contributed by atoms with Crippen LogP contribution in [0.25, 0.3) is 0 Å². The molecule has 0 saturated carbocycles. The summed E-state index contributed by atoms with van der Waals surface area (Å²) in [6.45, 7) is 4.67. The van der Waals surface area contributed by atoms with E-state index in [1.807, 2.05) is 0 Å². The van der Waals surface area contributed by atoms with Crippen molar-refractivity contribution in [3.05, 3.63) is 71.8 Å². The Morgan fingerprint density at radius 1 is 0.789 bits per heavy atom. The molecule has 2 rings (SSSR count). The minimum absolute atomic E-state index is 0.685. The highest BCUT2D eigenvalue weighted by Gasteiger charge is 2.14. The molecule has 0 radical (unpaired) electrons. The minimum Gasteiger partial charge on any atom is -0.0622 e. The molecule has 0 heteroatoms. The van der Waals surface area contributed by atoms with E-state index in [0.717, 1.165) is 0 Å². The van der Waals surface area contributed by atoms with E-state index in [-0.39, 0.29) is 0 Å². The summed E-state index contributed by atoms with van der Waals surface area (Å²) in [5, 5.41) is 0. The van der Waals surface area contributed by atoms with Crippen molar-refractivity contribution in [3.8, 4) is 0 Å². The lowest BCUT2D eigenvalue weighted by atomic mass is 9.84. The van der Waals surface area contributed by atoms with Crippen LogP contribution >= 0.6 is 0 Å². The molecule has 0 saturated heterocycles. The van der Waals surface area contributed by atoms with Gasteiger partial charge in [0.15, 0.2) is 0 Å². The van der Waals surface area contributed by atoms with Crippen LogP contribution in [0, 0.1) is 5.92 Å². The summed E-state index contributed by atoms with van der Waals surface area (Å²) in [4.78, 5) is 0. The van der Waals surface area contributed by atoms with Crippen LogP contribution in [0.3, 0.4) is 0 Å². The number of hydrogen-bond acceptors (Lipinski definition) is 0. The lowest BCUT2D eigenvalue weighted by Gasteiger charge is -2.21. The van der Waals surface area contributed by atoms with E-state index >= 15 is 0 Å². The molecule has 2 aromatic rings. The third-order valence-corrected chi connectivity index (χ3v) is 3.86. The van der Waals surface area contributed by atoms with Gasteiger partial charge in [-0.2, -0.15) is 0 Å². The largest absolute Gasteiger partial charge is 0.0622 e. The fraction of sp³-hybridized carbons (Fsp3) is 0.368. The third kappa shape index (κ3) is 4.24. The predicted octanol–water partition coefficient (Wildman–Crippen LogP) is 5.45. The van der Waals surface area contributed by atoms with Crippen LogP contribution in [0.2, 0.25) is 0 Å². The molecular formula is C19H24. The highest BCUT2D eigenvalue weighted by molar-refractivity contribution is 5.20. The zero-order chi connectivity index (χ0) is 13.5. The smallest absolute Gasteiger partial charge is 0.0139 e. The summed E-state index contributed by atoms with van der Waals surface area (Å²) in [5.41, 5.74) is 2.95. The van der Waals surface area contributed by atoms with Crippen molar-refractivity contribution in [1.82, 2.24) is 0 Å². The quantitative estimate of drug-likeness (QED) is 0.641. The van der Waals surface area contributed by atoms with Crippen LogP contribution in [-0.2, 0) is 6.42 Å². The first-order chi connectivity index (χ1) is 9.27. The Bertz CT molecular complexity index is 456. The van der Waals surface area contributed by atoms with Crippen molar-refractivity contribution in [2.45, 2.75) is 39.0 Å². The van der Waals surface area contributed by atoms with Gasteiger partial charge in [0.2, 0.25) is 0 Å². The van der Waals surface area contributed by atoms with Crippen LogP contribution in [-0.4, -0.2) is 0 Å². The molecule has 0 nitrogen and oxygen atoms in total. The van der Waals surface area contributed by atoms with E-state index in [9.17, 15) is 0 Å². The molecular weight excluding hydrogens is 228 g/mol. The Morgan fingerprint density at radius 2 is 1.37 bits per heavy atom. The molecule has 0 amide bonds. The Labute approximate surface area is 117 Å². The lowest BCUT2D eigenvalue weighted by Crippen LogP contribution is -2.07. The van der Waals surface area contributed by atoms with Crippen molar-refractivity contribution < 1.29 is 0 Å². The van der Waals surface area contributed by atoms with Gasteiger partial charge in [-0.1, -0.05) is 74.5 Å². The predicted molar refractivity (Wildman–Crippen MR) is 83.4 cm³/mol. The summed E-state index contributed by atoms with van der Waals surface area (Å²) >= 11 is 0. The number of rotatable bonds is 6. The first-order valence-electron chi connectivity index (χ1n) is 7.36. The van der Waals surface area contributed by atoms with Gasteiger partial charge >= 0.3 is 0 Å². The van der Waals surface area contributed by atoms with Gasteiger partial charge in [0.25, 0.3) is 0 Å². The van der Waals surface area contributed by atoms with Crippen molar-refractivity contribution in [2.75, 3.05) is 0 Å². The van der Waals surface area contributed by atoms with Gasteiger partial charge in [0.05, 0.1) is 0 Å². The van der Waals surface area contributed by atoms with E-state index in [1.54, 1.807) is 0 Å². The highest BCUT2D eigenvalue weighted by Crippen LogP contribution is 2.29. The van der Waals surface area contributed by atoms with Crippen molar-refractivity contribution in [2.24, 2.45) is 5.92 Å². The van der Waals surface area contributed by atoms with Crippen LogP contribution in [0.4, 0.5) is 0 Å². The Balaban J connectivity index is 1.92. The average Bonchev–Trinajstić information content (AvgIpc) is 2.45. The Morgan fingerprint density at radius 3 is 1.95 bits per heavy atom.